The maximum absolute atomic E-state index is 13.1. The van der Waals surface area contributed by atoms with Gasteiger partial charge in [-0.1, -0.05) is 23.7 Å². The summed E-state index contributed by atoms with van der Waals surface area (Å²) in [5.74, 6) is -1.85. The molecule has 0 unspecified atom stereocenters. The highest BCUT2D eigenvalue weighted by Gasteiger charge is 2.15. The Balaban J connectivity index is 2.01. The lowest BCUT2D eigenvalue weighted by Gasteiger charge is -2.08. The van der Waals surface area contributed by atoms with Gasteiger partial charge in [-0.3, -0.25) is 9.59 Å². The number of primary amides is 1. The average Bonchev–Trinajstić information content (AvgIpc) is 2.60. The molecule has 2 rings (SSSR count). The second-order valence-electron chi connectivity index (χ2n) is 5.25. The number of halogens is 2. The number of carbonyl (C=O) groups excluding carboxylic acids is 2. The first-order chi connectivity index (χ1) is 12.2. The van der Waals surface area contributed by atoms with Crippen molar-refractivity contribution in [1.29, 1.82) is 0 Å². The Kier molecular flexibility index (Phi) is 6.30. The molecule has 4 N–H and O–H groups in total. The highest BCUT2D eigenvalue weighted by molar-refractivity contribution is 7.89. The molecule has 0 saturated carbocycles. The quantitative estimate of drug-likeness (QED) is 0.647. The number of sulfonamides is 1. The molecular weight excluding hydrogens is 385 g/mol. The van der Waals surface area contributed by atoms with Crippen molar-refractivity contribution in [1.82, 2.24) is 10.0 Å². The molecule has 0 heterocycles. The topological polar surface area (TPSA) is 118 Å². The van der Waals surface area contributed by atoms with Crippen molar-refractivity contribution < 1.29 is 22.4 Å². The van der Waals surface area contributed by atoms with E-state index in [1.165, 1.54) is 12.1 Å². The molecule has 0 bridgehead atoms. The highest BCUT2D eigenvalue weighted by Crippen LogP contribution is 2.19. The third-order valence-corrected chi connectivity index (χ3v) is 5.00. The number of hydrogen-bond donors (Lipinski definition) is 3. The summed E-state index contributed by atoms with van der Waals surface area (Å²) in [4.78, 5) is 22.2. The van der Waals surface area contributed by atoms with Gasteiger partial charge in [-0.15, -0.1) is 0 Å². The third-order valence-electron chi connectivity index (χ3n) is 3.31. The summed E-state index contributed by atoms with van der Waals surface area (Å²) < 4.78 is 39.9. The third kappa shape index (κ3) is 5.25. The van der Waals surface area contributed by atoms with E-state index in [2.05, 4.69) is 10.0 Å². The van der Waals surface area contributed by atoms with Crippen LogP contribution < -0.4 is 15.8 Å². The van der Waals surface area contributed by atoms with E-state index in [1.54, 1.807) is 12.1 Å². The minimum atomic E-state index is -3.87. The predicted molar refractivity (Wildman–Crippen MR) is 93.4 cm³/mol. The Morgan fingerprint density at radius 3 is 2.35 bits per heavy atom. The van der Waals surface area contributed by atoms with Gasteiger partial charge in [0.05, 0.1) is 16.5 Å². The second-order valence-corrected chi connectivity index (χ2v) is 7.42. The van der Waals surface area contributed by atoms with Crippen LogP contribution in [0.5, 0.6) is 0 Å². The van der Waals surface area contributed by atoms with Crippen LogP contribution in [0, 0.1) is 5.82 Å². The molecule has 0 radical (unpaired) electrons. The van der Waals surface area contributed by atoms with E-state index in [0.717, 1.165) is 18.2 Å². The summed E-state index contributed by atoms with van der Waals surface area (Å²) in [5, 5.41) is 2.04. The summed E-state index contributed by atoms with van der Waals surface area (Å²) in [5.41, 5.74) is 5.83. The minimum Gasteiger partial charge on any atom is -0.368 e. The first kappa shape index (κ1) is 19.8. The van der Waals surface area contributed by atoms with E-state index >= 15 is 0 Å². The molecule has 2 aromatic rings. The summed E-state index contributed by atoms with van der Waals surface area (Å²) in [7, 11) is -3.87. The van der Waals surface area contributed by atoms with Crippen molar-refractivity contribution in [2.75, 3.05) is 6.54 Å². The fourth-order valence-corrected chi connectivity index (χ4v) is 3.24. The molecule has 0 fully saturated rings. The zero-order valence-corrected chi connectivity index (χ0v) is 14.9. The molecule has 26 heavy (non-hydrogen) atoms. The van der Waals surface area contributed by atoms with Crippen molar-refractivity contribution in [3.63, 3.8) is 0 Å². The Hall–Kier alpha value is -2.49. The number of nitrogens with one attached hydrogen (secondary N) is 2. The molecule has 10 heteroatoms. The average molecular weight is 400 g/mol. The Morgan fingerprint density at radius 1 is 1.12 bits per heavy atom. The van der Waals surface area contributed by atoms with Gasteiger partial charge in [-0.25, -0.2) is 17.5 Å². The molecule has 2 aromatic carbocycles. The molecule has 2 amide bonds. The van der Waals surface area contributed by atoms with E-state index in [0.29, 0.717) is 11.1 Å². The molecule has 0 spiro atoms. The molecule has 0 saturated heterocycles. The summed E-state index contributed by atoms with van der Waals surface area (Å²) in [6, 6.07) is 9.17. The standard InChI is InChI=1S/C16H15ClFN3O4S/c17-13-7-12(5-6-14(13)18)26(24,25)21-8-10-1-3-11(4-2-10)16(23)20-9-15(19)22/h1-7,21H,8-9H2,(H2,19,22)(H,20,23). The first-order valence-electron chi connectivity index (χ1n) is 7.29. The van der Waals surface area contributed by atoms with Crippen LogP contribution in [-0.4, -0.2) is 26.8 Å². The van der Waals surface area contributed by atoms with Gasteiger partial charge in [-0.2, -0.15) is 0 Å². The maximum atomic E-state index is 13.1. The van der Waals surface area contributed by atoms with Crippen LogP contribution >= 0.6 is 11.6 Å². The zero-order chi connectivity index (χ0) is 19.3. The van der Waals surface area contributed by atoms with Crippen LogP contribution in [0.3, 0.4) is 0 Å². The second kappa shape index (κ2) is 8.26. The summed E-state index contributed by atoms with van der Waals surface area (Å²) in [6.07, 6.45) is 0. The van der Waals surface area contributed by atoms with Crippen LogP contribution in [0.15, 0.2) is 47.4 Å². The largest absolute Gasteiger partial charge is 0.368 e. The van der Waals surface area contributed by atoms with E-state index < -0.39 is 27.7 Å². The lowest BCUT2D eigenvalue weighted by atomic mass is 10.1. The number of nitrogens with two attached hydrogens (primary N) is 1. The monoisotopic (exact) mass is 399 g/mol. The van der Waals surface area contributed by atoms with Gasteiger partial charge in [0, 0.05) is 12.1 Å². The Morgan fingerprint density at radius 2 is 1.77 bits per heavy atom. The van der Waals surface area contributed by atoms with Gasteiger partial charge in [0.2, 0.25) is 15.9 Å². The fourth-order valence-electron chi connectivity index (χ4n) is 1.95. The molecule has 0 atom stereocenters. The van der Waals surface area contributed by atoms with Crippen LogP contribution in [0.2, 0.25) is 5.02 Å². The lowest BCUT2D eigenvalue weighted by Crippen LogP contribution is -2.33. The van der Waals surface area contributed by atoms with Gasteiger partial charge in [0.25, 0.3) is 5.91 Å². The van der Waals surface area contributed by atoms with Crippen LogP contribution in [0.25, 0.3) is 0 Å². The van der Waals surface area contributed by atoms with Crippen molar-refractivity contribution in [2.45, 2.75) is 11.4 Å². The van der Waals surface area contributed by atoms with E-state index in [1.807, 2.05) is 0 Å². The molecule has 0 aliphatic heterocycles. The fraction of sp³-hybridized carbons (Fsp3) is 0.125. The van der Waals surface area contributed by atoms with Gasteiger partial charge >= 0.3 is 0 Å². The maximum Gasteiger partial charge on any atom is 0.251 e. The normalized spacial score (nSPS) is 11.2. The zero-order valence-electron chi connectivity index (χ0n) is 13.3. The van der Waals surface area contributed by atoms with Crippen LogP contribution in [-0.2, 0) is 21.4 Å². The van der Waals surface area contributed by atoms with E-state index in [4.69, 9.17) is 17.3 Å². The Labute approximate surface area is 154 Å². The molecule has 138 valence electrons. The number of amides is 2. The summed E-state index contributed by atoms with van der Waals surface area (Å²) in [6.45, 7) is -0.318. The van der Waals surface area contributed by atoms with E-state index in [9.17, 15) is 22.4 Å². The predicted octanol–water partition coefficient (Wildman–Crippen LogP) is 1.17. The van der Waals surface area contributed by atoms with Gasteiger partial charge < -0.3 is 11.1 Å². The SMILES string of the molecule is NC(=O)CNC(=O)c1ccc(CNS(=O)(=O)c2ccc(F)c(Cl)c2)cc1. The van der Waals surface area contributed by atoms with Crippen LogP contribution in [0.1, 0.15) is 15.9 Å². The van der Waals surface area contributed by atoms with Crippen molar-refractivity contribution in [3.05, 3.63) is 64.4 Å². The minimum absolute atomic E-state index is 0.0412. The molecule has 0 aliphatic carbocycles. The van der Waals surface area contributed by atoms with Crippen molar-refractivity contribution in [2.24, 2.45) is 5.73 Å². The van der Waals surface area contributed by atoms with Gasteiger partial charge in [0.1, 0.15) is 5.82 Å². The van der Waals surface area contributed by atoms with Crippen LogP contribution in [0.4, 0.5) is 4.39 Å². The van der Waals surface area contributed by atoms with Crippen molar-refractivity contribution in [3.8, 4) is 0 Å². The molecule has 7 nitrogen and oxygen atoms in total. The first-order valence-corrected chi connectivity index (χ1v) is 9.15. The number of hydrogen-bond acceptors (Lipinski definition) is 4. The van der Waals surface area contributed by atoms with Gasteiger partial charge in [0.15, 0.2) is 0 Å². The molecular formula is C16H15ClFN3O4S. The summed E-state index contributed by atoms with van der Waals surface area (Å²) >= 11 is 5.60. The highest BCUT2D eigenvalue weighted by atomic mass is 35.5. The lowest BCUT2D eigenvalue weighted by molar-refractivity contribution is -0.117. The molecule has 0 aromatic heterocycles. The van der Waals surface area contributed by atoms with Gasteiger partial charge in [-0.05, 0) is 35.9 Å². The van der Waals surface area contributed by atoms with Crippen molar-refractivity contribution >= 4 is 33.4 Å². The van der Waals surface area contributed by atoms with E-state index in [-0.39, 0.29) is 23.0 Å². The number of carbonyl (C=O) groups is 2. The number of benzene rings is 2. The molecule has 0 aliphatic rings. The number of rotatable bonds is 7. The Bertz CT molecular complexity index is 933. The smallest absolute Gasteiger partial charge is 0.251 e.